The van der Waals surface area contributed by atoms with Crippen LogP contribution in [0.2, 0.25) is 0 Å². The highest BCUT2D eigenvalue weighted by Crippen LogP contribution is 2.31. The zero-order valence-corrected chi connectivity index (χ0v) is 23.9. The molecule has 3 aromatic rings. The predicted octanol–water partition coefficient (Wildman–Crippen LogP) is 5.06. The van der Waals surface area contributed by atoms with Crippen LogP contribution in [-0.4, -0.2) is 56.7 Å². The van der Waals surface area contributed by atoms with Gasteiger partial charge in [-0.2, -0.15) is 10.2 Å². The number of alkyl halides is 1. The fraction of sp³-hybridized carbons (Fsp3) is 0.429. The third-order valence-electron chi connectivity index (χ3n) is 6.01. The molecular formula is C28H33IN4O4. The van der Waals surface area contributed by atoms with Gasteiger partial charge in [-0.3, -0.25) is 9.69 Å². The van der Waals surface area contributed by atoms with Crippen LogP contribution in [-0.2, 0) is 17.8 Å². The summed E-state index contributed by atoms with van der Waals surface area (Å²) >= 11 is 2.15. The van der Waals surface area contributed by atoms with Crippen LogP contribution in [0.4, 0.5) is 0 Å². The van der Waals surface area contributed by atoms with E-state index in [1.54, 1.807) is 12.1 Å². The van der Waals surface area contributed by atoms with E-state index in [1.807, 2.05) is 43.9 Å². The molecule has 1 N–H and O–H groups in total. The van der Waals surface area contributed by atoms with E-state index in [1.165, 1.54) is 0 Å². The number of ether oxygens (including phenoxy) is 1. The largest absolute Gasteiger partial charge is 0.490 e. The molecule has 1 aliphatic rings. The van der Waals surface area contributed by atoms with Crippen LogP contribution >= 0.6 is 22.6 Å². The van der Waals surface area contributed by atoms with E-state index in [2.05, 4.69) is 49.8 Å². The summed E-state index contributed by atoms with van der Waals surface area (Å²) in [5, 5.41) is 22.9. The van der Waals surface area contributed by atoms with Crippen molar-refractivity contribution in [2.75, 3.05) is 24.6 Å². The maximum Gasteiger partial charge on any atom is 0.258 e. The molecule has 9 heteroatoms. The normalized spacial score (nSPS) is 13.8. The highest BCUT2D eigenvalue weighted by Gasteiger charge is 2.23. The number of carbonyl (C=O) groups excluding carboxylic acids is 1. The summed E-state index contributed by atoms with van der Waals surface area (Å²) in [6.07, 6.45) is 1.13. The smallest absolute Gasteiger partial charge is 0.258 e. The van der Waals surface area contributed by atoms with Crippen molar-refractivity contribution in [3.8, 4) is 34.7 Å². The lowest BCUT2D eigenvalue weighted by molar-refractivity contribution is -0.121. The Bertz CT molecular complexity index is 1250. The number of hydrogen-bond acceptors (Lipinski definition) is 8. The topological polar surface area (TPSA) is 112 Å². The third kappa shape index (κ3) is 7.37. The van der Waals surface area contributed by atoms with Gasteiger partial charge in [0.25, 0.3) is 5.89 Å². The van der Waals surface area contributed by atoms with Gasteiger partial charge in [-0.05, 0) is 60.4 Å². The van der Waals surface area contributed by atoms with E-state index >= 15 is 0 Å². The molecule has 37 heavy (non-hydrogen) atoms. The van der Waals surface area contributed by atoms with Crippen molar-refractivity contribution in [1.82, 2.24) is 15.0 Å². The molecule has 0 radical (unpaired) electrons. The number of Topliss-reactive ketones (excluding diaryl/α,β-unsaturated/α-hetero) is 1. The Morgan fingerprint density at radius 3 is 2.76 bits per heavy atom. The van der Waals surface area contributed by atoms with Crippen LogP contribution in [0.1, 0.15) is 43.9 Å². The minimum atomic E-state index is -0.0367. The van der Waals surface area contributed by atoms with Gasteiger partial charge in [0, 0.05) is 37.2 Å². The molecule has 0 spiro atoms. The molecule has 4 rings (SSSR count). The molecule has 1 atom stereocenters. The lowest BCUT2D eigenvalue weighted by Crippen LogP contribution is -2.35. The maximum atomic E-state index is 12.3. The summed E-state index contributed by atoms with van der Waals surface area (Å²) in [7, 11) is 0. The lowest BCUT2D eigenvalue weighted by Gasteiger charge is -2.29. The molecule has 0 saturated carbocycles. The quantitative estimate of drug-likeness (QED) is 0.262. The fourth-order valence-corrected chi connectivity index (χ4v) is 4.34. The lowest BCUT2D eigenvalue weighted by atomic mass is 9.93. The number of aliphatic hydroxyl groups excluding tert-OH is 1. The van der Waals surface area contributed by atoms with Crippen molar-refractivity contribution in [2.45, 2.75) is 46.3 Å². The first-order chi connectivity index (χ1) is 17.9. The second kappa shape index (κ2) is 13.7. The Morgan fingerprint density at radius 2 is 2.05 bits per heavy atom. The average molecular weight is 617 g/mol. The minimum Gasteiger partial charge on any atom is -0.490 e. The SMILES string of the molecule is CC(C)Oc1ccc(-c2nc(-c3cccc4c3CCN(CC(=O)C[C@@H](C)CO)C4)no2)cc1C#N.CI. The van der Waals surface area contributed by atoms with Gasteiger partial charge in [0.1, 0.15) is 17.6 Å². The van der Waals surface area contributed by atoms with Gasteiger partial charge in [0.15, 0.2) is 0 Å². The summed E-state index contributed by atoms with van der Waals surface area (Å²) in [5.74, 6) is 1.50. The Morgan fingerprint density at radius 1 is 1.27 bits per heavy atom. The van der Waals surface area contributed by atoms with E-state index in [9.17, 15) is 15.2 Å². The number of nitrogens with zero attached hydrogens (tertiary/aromatic N) is 4. The van der Waals surface area contributed by atoms with Crippen LogP contribution in [0, 0.1) is 17.2 Å². The number of hydrogen-bond donors (Lipinski definition) is 1. The number of rotatable bonds is 9. The summed E-state index contributed by atoms with van der Waals surface area (Å²) in [6, 6.07) is 13.4. The van der Waals surface area contributed by atoms with Crippen molar-refractivity contribution in [2.24, 2.45) is 5.92 Å². The molecule has 0 unspecified atom stereocenters. The Labute approximate surface area is 231 Å². The van der Waals surface area contributed by atoms with Crippen LogP contribution in [0.5, 0.6) is 5.75 Å². The van der Waals surface area contributed by atoms with Crippen LogP contribution in [0.25, 0.3) is 22.8 Å². The van der Waals surface area contributed by atoms with Crippen LogP contribution in [0.3, 0.4) is 0 Å². The van der Waals surface area contributed by atoms with Gasteiger partial charge in [-0.15, -0.1) is 0 Å². The maximum absolute atomic E-state index is 12.3. The molecule has 0 bridgehead atoms. The van der Waals surface area contributed by atoms with Gasteiger partial charge in [0.2, 0.25) is 5.82 Å². The highest BCUT2D eigenvalue weighted by atomic mass is 127. The number of nitriles is 1. The summed E-state index contributed by atoms with van der Waals surface area (Å²) < 4.78 is 11.2. The van der Waals surface area contributed by atoms with Gasteiger partial charge in [-0.1, -0.05) is 52.9 Å². The number of halogens is 1. The zero-order chi connectivity index (χ0) is 26.9. The molecular weight excluding hydrogens is 583 g/mol. The number of ketones is 1. The first-order valence-corrected chi connectivity index (χ1v) is 14.4. The Kier molecular flexibility index (Phi) is 10.6. The van der Waals surface area contributed by atoms with Crippen molar-refractivity contribution in [3.63, 3.8) is 0 Å². The zero-order valence-electron chi connectivity index (χ0n) is 21.7. The predicted molar refractivity (Wildman–Crippen MR) is 150 cm³/mol. The van der Waals surface area contributed by atoms with Crippen LogP contribution in [0.15, 0.2) is 40.9 Å². The number of aromatic nitrogens is 2. The van der Waals surface area contributed by atoms with Gasteiger partial charge in [-0.25, -0.2) is 0 Å². The second-order valence-corrected chi connectivity index (χ2v) is 9.35. The van der Waals surface area contributed by atoms with Crippen molar-refractivity contribution >= 4 is 28.4 Å². The second-order valence-electron chi connectivity index (χ2n) is 9.35. The summed E-state index contributed by atoms with van der Waals surface area (Å²) in [5.41, 5.74) is 4.28. The van der Waals surface area contributed by atoms with E-state index < -0.39 is 0 Å². The molecule has 196 valence electrons. The summed E-state index contributed by atoms with van der Waals surface area (Å²) in [6.45, 7) is 7.55. The minimum absolute atomic E-state index is 0.0122. The number of benzene rings is 2. The van der Waals surface area contributed by atoms with E-state index in [0.29, 0.717) is 48.1 Å². The number of fused-ring (bicyclic) bond motifs is 1. The van der Waals surface area contributed by atoms with Crippen molar-refractivity contribution < 1.29 is 19.2 Å². The monoisotopic (exact) mass is 616 g/mol. The van der Waals surface area contributed by atoms with E-state index in [4.69, 9.17) is 9.26 Å². The Balaban J connectivity index is 0.00000186. The van der Waals surface area contributed by atoms with Crippen LogP contribution < -0.4 is 4.74 Å². The molecule has 2 aromatic carbocycles. The number of carbonyl (C=O) groups is 1. The van der Waals surface area contributed by atoms with Gasteiger partial charge in [0.05, 0.1) is 18.2 Å². The fourth-order valence-electron chi connectivity index (χ4n) is 4.34. The first kappa shape index (κ1) is 28.8. The standard InChI is InChI=1S/C27H30N4O4.CH3I/c1-17(2)34-25-8-7-19(12-21(25)13-28)27-29-26(30-35-27)24-6-4-5-20-14-31(10-9-23(20)24)15-22(33)11-18(3)16-32;1-2/h4-8,12,17-18,32H,9-11,14-16H2,1-3H3;1H3/t18-;/m1./s1. The van der Waals surface area contributed by atoms with Gasteiger partial charge < -0.3 is 14.4 Å². The molecule has 0 amide bonds. The van der Waals surface area contributed by atoms with E-state index in [0.717, 1.165) is 29.7 Å². The van der Waals surface area contributed by atoms with Crippen molar-refractivity contribution in [3.05, 3.63) is 53.1 Å². The van der Waals surface area contributed by atoms with Crippen molar-refractivity contribution in [1.29, 1.82) is 5.26 Å². The molecule has 1 aromatic heterocycles. The summed E-state index contributed by atoms with van der Waals surface area (Å²) in [4.78, 5) is 21.1. The third-order valence-corrected chi connectivity index (χ3v) is 6.01. The molecule has 2 heterocycles. The average Bonchev–Trinajstić information content (AvgIpc) is 3.39. The Hall–Kier alpha value is -2.81. The molecule has 0 saturated heterocycles. The molecule has 1 aliphatic heterocycles. The number of aliphatic hydroxyl groups is 1. The molecule has 0 fully saturated rings. The highest BCUT2D eigenvalue weighted by molar-refractivity contribution is 14.1. The van der Waals surface area contributed by atoms with Gasteiger partial charge >= 0.3 is 0 Å². The molecule has 0 aliphatic carbocycles. The first-order valence-electron chi connectivity index (χ1n) is 12.3. The van der Waals surface area contributed by atoms with E-state index in [-0.39, 0.29) is 24.4 Å². The molecule has 8 nitrogen and oxygen atoms in total.